The number of nitrogens with one attached hydrogen (secondary N) is 1. The number of carbonyl (C=O) groups excluding carboxylic acids is 1. The number of amides is 1. The number of benzene rings is 1. The number of hydrogen-bond donors (Lipinski definition) is 1. The highest BCUT2D eigenvalue weighted by molar-refractivity contribution is 6.30. The van der Waals surface area contributed by atoms with Gasteiger partial charge in [0.25, 0.3) is 5.91 Å². The van der Waals surface area contributed by atoms with Crippen molar-refractivity contribution in [1.29, 1.82) is 0 Å². The molecule has 3 aromatic rings. The first kappa shape index (κ1) is 15.1. The molecule has 3 heterocycles. The van der Waals surface area contributed by atoms with E-state index < -0.39 is 0 Å². The molecular weight excluding hydrogens is 328 g/mol. The van der Waals surface area contributed by atoms with E-state index in [1.807, 2.05) is 12.1 Å². The first-order chi connectivity index (χ1) is 11.7. The molecule has 24 heavy (non-hydrogen) atoms. The van der Waals surface area contributed by atoms with Gasteiger partial charge in [0.1, 0.15) is 17.9 Å². The lowest BCUT2D eigenvalue weighted by Gasteiger charge is -2.25. The van der Waals surface area contributed by atoms with Gasteiger partial charge in [0.15, 0.2) is 5.65 Å². The maximum atomic E-state index is 12.3. The van der Waals surface area contributed by atoms with E-state index in [4.69, 9.17) is 16.3 Å². The molecule has 122 valence electrons. The monoisotopic (exact) mass is 342 g/mol. The van der Waals surface area contributed by atoms with Crippen molar-refractivity contribution in [2.24, 2.45) is 0 Å². The van der Waals surface area contributed by atoms with Crippen molar-refractivity contribution in [2.45, 2.75) is 12.6 Å². The number of ether oxygens (including phenoxy) is 1. The average molecular weight is 343 g/mol. The van der Waals surface area contributed by atoms with E-state index in [0.717, 1.165) is 17.0 Å². The van der Waals surface area contributed by atoms with Crippen molar-refractivity contribution in [3.8, 4) is 0 Å². The fraction of sp³-hybridized carbons (Fsp3) is 0.235. The van der Waals surface area contributed by atoms with Crippen molar-refractivity contribution in [3.63, 3.8) is 0 Å². The van der Waals surface area contributed by atoms with Crippen LogP contribution in [0.1, 0.15) is 22.2 Å². The van der Waals surface area contributed by atoms with Crippen LogP contribution in [-0.2, 0) is 11.3 Å². The molecule has 1 aliphatic rings. The number of fused-ring (bicyclic) bond motifs is 3. The lowest BCUT2D eigenvalue weighted by molar-refractivity contribution is 0.0551. The third kappa shape index (κ3) is 2.74. The van der Waals surface area contributed by atoms with E-state index >= 15 is 0 Å². The van der Waals surface area contributed by atoms with Crippen molar-refractivity contribution in [2.75, 3.05) is 13.2 Å². The number of hydrogen-bond acceptors (Lipinski definition) is 4. The normalized spacial score (nSPS) is 16.8. The minimum absolute atomic E-state index is 0.0371. The Labute approximate surface area is 143 Å². The Morgan fingerprint density at radius 2 is 2.17 bits per heavy atom. The highest BCUT2D eigenvalue weighted by Crippen LogP contribution is 2.24. The molecule has 7 heteroatoms. The van der Waals surface area contributed by atoms with Gasteiger partial charge >= 0.3 is 0 Å². The van der Waals surface area contributed by atoms with E-state index in [0.29, 0.717) is 30.3 Å². The summed E-state index contributed by atoms with van der Waals surface area (Å²) < 4.78 is 7.67. The van der Waals surface area contributed by atoms with Crippen LogP contribution in [0.2, 0.25) is 5.02 Å². The summed E-state index contributed by atoms with van der Waals surface area (Å²) >= 11 is 5.85. The summed E-state index contributed by atoms with van der Waals surface area (Å²) in [6.07, 6.45) is 1.75. The Bertz CT molecular complexity index is 891. The van der Waals surface area contributed by atoms with Gasteiger partial charge in [-0.05, 0) is 36.4 Å². The quantitative estimate of drug-likeness (QED) is 0.794. The second kappa shape index (κ2) is 6.22. The average Bonchev–Trinajstić information content (AvgIpc) is 2.99. The Morgan fingerprint density at radius 1 is 1.33 bits per heavy atom. The fourth-order valence-electron chi connectivity index (χ4n) is 2.89. The van der Waals surface area contributed by atoms with E-state index in [1.165, 1.54) is 0 Å². The van der Waals surface area contributed by atoms with Gasteiger partial charge in [-0.25, -0.2) is 9.97 Å². The lowest BCUT2D eigenvalue weighted by atomic mass is 10.2. The van der Waals surface area contributed by atoms with Crippen LogP contribution in [0.5, 0.6) is 0 Å². The molecule has 1 aromatic carbocycles. The van der Waals surface area contributed by atoms with Crippen molar-refractivity contribution in [1.82, 2.24) is 19.9 Å². The lowest BCUT2D eigenvalue weighted by Crippen LogP contribution is -2.35. The molecule has 2 aromatic heterocycles. The van der Waals surface area contributed by atoms with Gasteiger partial charge in [-0.1, -0.05) is 11.6 Å². The summed E-state index contributed by atoms with van der Waals surface area (Å²) in [6, 6.07) is 10.6. The van der Waals surface area contributed by atoms with E-state index in [9.17, 15) is 4.79 Å². The number of halogens is 1. The summed E-state index contributed by atoms with van der Waals surface area (Å²) in [4.78, 5) is 21.2. The minimum Gasteiger partial charge on any atom is -0.371 e. The molecule has 0 saturated heterocycles. The van der Waals surface area contributed by atoms with Gasteiger partial charge in [-0.2, -0.15) is 0 Å². The largest absolute Gasteiger partial charge is 0.371 e. The van der Waals surface area contributed by atoms with Crippen molar-refractivity contribution < 1.29 is 9.53 Å². The minimum atomic E-state index is -0.142. The summed E-state index contributed by atoms with van der Waals surface area (Å²) in [5.41, 5.74) is 2.23. The Balaban J connectivity index is 1.54. The highest BCUT2D eigenvalue weighted by atomic mass is 35.5. The van der Waals surface area contributed by atoms with Crippen molar-refractivity contribution >= 4 is 28.7 Å². The van der Waals surface area contributed by atoms with Gasteiger partial charge in [0.2, 0.25) is 0 Å². The predicted octanol–water partition coefficient (Wildman–Crippen LogP) is 2.59. The van der Waals surface area contributed by atoms with Gasteiger partial charge in [-0.3, -0.25) is 4.79 Å². The fourth-order valence-corrected chi connectivity index (χ4v) is 3.01. The predicted molar refractivity (Wildman–Crippen MR) is 90.0 cm³/mol. The molecule has 1 unspecified atom stereocenters. The first-order valence-corrected chi connectivity index (χ1v) is 8.03. The van der Waals surface area contributed by atoms with Gasteiger partial charge < -0.3 is 14.6 Å². The maximum Gasteiger partial charge on any atom is 0.251 e. The third-order valence-electron chi connectivity index (χ3n) is 4.03. The van der Waals surface area contributed by atoms with Crippen LogP contribution >= 0.6 is 11.6 Å². The second-order valence-corrected chi connectivity index (χ2v) is 6.07. The smallest absolute Gasteiger partial charge is 0.251 e. The number of pyridine rings is 1. The number of carbonyl (C=O) groups is 1. The summed E-state index contributed by atoms with van der Waals surface area (Å²) in [7, 11) is 0. The zero-order valence-electron chi connectivity index (χ0n) is 12.8. The Hall–Kier alpha value is -2.44. The van der Waals surface area contributed by atoms with Crippen LogP contribution in [0.3, 0.4) is 0 Å². The number of rotatable bonds is 3. The molecule has 0 bridgehead atoms. The Morgan fingerprint density at radius 3 is 3.00 bits per heavy atom. The molecule has 0 spiro atoms. The first-order valence-electron chi connectivity index (χ1n) is 7.66. The molecule has 1 amide bonds. The maximum absolute atomic E-state index is 12.3. The van der Waals surface area contributed by atoms with E-state index in [1.54, 1.807) is 30.5 Å². The number of imidazole rings is 1. The summed E-state index contributed by atoms with van der Waals surface area (Å²) in [6.45, 7) is 1.41. The molecule has 1 atom stereocenters. The molecule has 0 saturated carbocycles. The van der Waals surface area contributed by atoms with Crippen LogP contribution in [0.4, 0.5) is 0 Å². The zero-order valence-corrected chi connectivity index (χ0v) is 13.5. The molecule has 0 fully saturated rings. The summed E-state index contributed by atoms with van der Waals surface area (Å²) in [5.74, 6) is 0.692. The van der Waals surface area contributed by atoms with Crippen LogP contribution < -0.4 is 5.32 Å². The molecule has 0 aliphatic carbocycles. The standard InChI is InChI=1S/C17H15ClN4O2/c18-12-5-3-11(4-6-12)17(23)20-8-13-9-24-10-15-21-14-2-1-7-19-16(14)22(13)15/h1-7,13H,8-10H2,(H,20,23). The summed E-state index contributed by atoms with van der Waals surface area (Å²) in [5, 5.41) is 3.55. The SMILES string of the molecule is O=C(NCC1COCc2nc3cccnc3n21)c1ccc(Cl)cc1. The topological polar surface area (TPSA) is 69.0 Å². The van der Waals surface area contributed by atoms with E-state index in [2.05, 4.69) is 19.9 Å². The second-order valence-electron chi connectivity index (χ2n) is 5.63. The highest BCUT2D eigenvalue weighted by Gasteiger charge is 2.25. The van der Waals surface area contributed by atoms with Gasteiger partial charge in [0, 0.05) is 23.3 Å². The molecular formula is C17H15ClN4O2. The van der Waals surface area contributed by atoms with Crippen LogP contribution in [0.15, 0.2) is 42.6 Å². The van der Waals surface area contributed by atoms with Gasteiger partial charge in [-0.15, -0.1) is 0 Å². The van der Waals surface area contributed by atoms with Crippen molar-refractivity contribution in [3.05, 3.63) is 59.0 Å². The van der Waals surface area contributed by atoms with E-state index in [-0.39, 0.29) is 11.9 Å². The zero-order chi connectivity index (χ0) is 16.5. The third-order valence-corrected chi connectivity index (χ3v) is 4.29. The molecule has 4 rings (SSSR count). The number of aromatic nitrogens is 3. The number of nitrogens with zero attached hydrogens (tertiary/aromatic N) is 3. The molecule has 1 N–H and O–H groups in total. The van der Waals surface area contributed by atoms with Crippen LogP contribution in [-0.4, -0.2) is 33.6 Å². The Kier molecular flexibility index (Phi) is 3.92. The van der Waals surface area contributed by atoms with Gasteiger partial charge in [0.05, 0.1) is 12.6 Å². The van der Waals surface area contributed by atoms with Crippen LogP contribution in [0.25, 0.3) is 11.2 Å². The molecule has 0 radical (unpaired) electrons. The van der Waals surface area contributed by atoms with Crippen LogP contribution in [0, 0.1) is 0 Å². The molecule has 6 nitrogen and oxygen atoms in total. The molecule has 1 aliphatic heterocycles.